The van der Waals surface area contributed by atoms with Crippen molar-refractivity contribution in [3.8, 4) is 0 Å². The highest BCUT2D eigenvalue weighted by molar-refractivity contribution is 6.02. The Bertz CT molecular complexity index is 848. The normalized spacial score (nSPS) is 10.2. The molecule has 6 heteroatoms. The Balaban J connectivity index is 2.13. The van der Waals surface area contributed by atoms with Crippen molar-refractivity contribution in [2.75, 3.05) is 23.4 Å². The molecule has 0 saturated heterocycles. The lowest BCUT2D eigenvalue weighted by Crippen LogP contribution is -2.33. The highest BCUT2D eigenvalue weighted by Crippen LogP contribution is 2.22. The number of hydrogen-bond donors (Lipinski definition) is 1. The highest BCUT2D eigenvalue weighted by atomic mass is 16.5. The number of carbonyl (C=O) groups excluding carboxylic acids is 3. The molecule has 0 heterocycles. The first-order valence-corrected chi connectivity index (χ1v) is 9.39. The Morgan fingerprint density at radius 2 is 1.68 bits per heavy atom. The van der Waals surface area contributed by atoms with Gasteiger partial charge in [-0.05, 0) is 37.1 Å². The number of esters is 1. The molecule has 0 bridgehead atoms. The monoisotopic (exact) mass is 382 g/mol. The van der Waals surface area contributed by atoms with E-state index in [0.29, 0.717) is 11.3 Å². The van der Waals surface area contributed by atoms with Gasteiger partial charge in [-0.3, -0.25) is 9.59 Å². The summed E-state index contributed by atoms with van der Waals surface area (Å²) in [5, 5.41) is 2.90. The van der Waals surface area contributed by atoms with Crippen molar-refractivity contribution in [2.24, 2.45) is 0 Å². The van der Waals surface area contributed by atoms with Crippen LogP contribution in [-0.4, -0.2) is 30.9 Å². The highest BCUT2D eigenvalue weighted by Gasteiger charge is 2.20. The Kier molecular flexibility index (Phi) is 7.75. The van der Waals surface area contributed by atoms with E-state index >= 15 is 0 Å². The number of anilines is 2. The molecule has 2 aromatic rings. The first-order chi connectivity index (χ1) is 13.5. The molecule has 2 aromatic carbocycles. The van der Waals surface area contributed by atoms with Gasteiger partial charge in [0.05, 0.1) is 17.9 Å². The van der Waals surface area contributed by atoms with Gasteiger partial charge in [0.15, 0.2) is 0 Å². The molecular formula is C22H26N2O4. The quantitative estimate of drug-likeness (QED) is 0.705. The second kappa shape index (κ2) is 10.3. The molecule has 0 atom stereocenters. The Hall–Kier alpha value is -3.15. The maximum atomic E-state index is 12.4. The third-order valence-electron chi connectivity index (χ3n) is 4.31. The first-order valence-electron chi connectivity index (χ1n) is 9.39. The van der Waals surface area contributed by atoms with Crippen molar-refractivity contribution >= 4 is 29.2 Å². The molecule has 6 nitrogen and oxygen atoms in total. The molecule has 0 aliphatic carbocycles. The maximum Gasteiger partial charge on any atom is 0.340 e. The number of nitrogens with one attached hydrogen (secondary N) is 1. The van der Waals surface area contributed by atoms with E-state index in [2.05, 4.69) is 5.32 Å². The zero-order valence-corrected chi connectivity index (χ0v) is 16.5. The van der Waals surface area contributed by atoms with E-state index in [1.165, 1.54) is 11.8 Å². The molecule has 0 fully saturated rings. The number of nitrogens with zero attached hydrogens (tertiary/aromatic N) is 1. The topological polar surface area (TPSA) is 75.7 Å². The van der Waals surface area contributed by atoms with Crippen LogP contribution < -0.4 is 10.2 Å². The number of para-hydroxylation sites is 2. The average molecular weight is 382 g/mol. The van der Waals surface area contributed by atoms with Crippen LogP contribution in [0.5, 0.6) is 0 Å². The van der Waals surface area contributed by atoms with Gasteiger partial charge in [-0.25, -0.2) is 4.79 Å². The van der Waals surface area contributed by atoms with E-state index in [-0.39, 0.29) is 31.4 Å². The molecule has 0 spiro atoms. The van der Waals surface area contributed by atoms with Crippen LogP contribution in [0.4, 0.5) is 11.4 Å². The minimum absolute atomic E-state index is 0.106. The zero-order chi connectivity index (χ0) is 20.5. The largest absolute Gasteiger partial charge is 0.462 e. The summed E-state index contributed by atoms with van der Waals surface area (Å²) >= 11 is 0. The van der Waals surface area contributed by atoms with Crippen LogP contribution in [-0.2, 0) is 20.7 Å². The molecular weight excluding hydrogens is 356 g/mol. The fraction of sp³-hybridized carbons (Fsp3) is 0.318. The van der Waals surface area contributed by atoms with Crippen molar-refractivity contribution in [1.29, 1.82) is 0 Å². The molecule has 0 aromatic heterocycles. The fourth-order valence-electron chi connectivity index (χ4n) is 2.91. The van der Waals surface area contributed by atoms with E-state index in [0.717, 1.165) is 17.7 Å². The average Bonchev–Trinajstić information content (AvgIpc) is 2.69. The molecule has 0 aliphatic heterocycles. The SMILES string of the molecule is CCOC(=O)c1ccccc1N(CCC(=O)Nc1ccccc1CC)C(C)=O. The predicted molar refractivity (Wildman–Crippen MR) is 109 cm³/mol. The number of benzene rings is 2. The minimum atomic E-state index is -0.495. The van der Waals surface area contributed by atoms with Crippen LogP contribution in [0.3, 0.4) is 0 Å². The van der Waals surface area contributed by atoms with Gasteiger partial charge in [0.25, 0.3) is 0 Å². The summed E-state index contributed by atoms with van der Waals surface area (Å²) in [5.41, 5.74) is 2.56. The molecule has 0 radical (unpaired) electrons. The summed E-state index contributed by atoms with van der Waals surface area (Å²) in [4.78, 5) is 38.2. The molecule has 2 amide bonds. The molecule has 0 saturated carbocycles. The summed E-state index contributed by atoms with van der Waals surface area (Å²) in [6.45, 7) is 5.56. The lowest BCUT2D eigenvalue weighted by molar-refractivity contribution is -0.117. The third-order valence-corrected chi connectivity index (χ3v) is 4.31. The number of amides is 2. The Labute approximate surface area is 165 Å². The van der Waals surface area contributed by atoms with Gasteiger partial charge in [-0.15, -0.1) is 0 Å². The Morgan fingerprint density at radius 3 is 2.36 bits per heavy atom. The fourth-order valence-corrected chi connectivity index (χ4v) is 2.91. The second-order valence-electron chi connectivity index (χ2n) is 6.22. The lowest BCUT2D eigenvalue weighted by atomic mass is 10.1. The van der Waals surface area contributed by atoms with E-state index < -0.39 is 5.97 Å². The Morgan fingerprint density at radius 1 is 1.00 bits per heavy atom. The van der Waals surface area contributed by atoms with Crippen LogP contribution in [0.2, 0.25) is 0 Å². The summed E-state index contributed by atoms with van der Waals surface area (Å²) in [6, 6.07) is 14.4. The maximum absolute atomic E-state index is 12.4. The van der Waals surface area contributed by atoms with Crippen molar-refractivity contribution in [1.82, 2.24) is 0 Å². The van der Waals surface area contributed by atoms with Gasteiger partial charge in [0.1, 0.15) is 0 Å². The summed E-state index contributed by atoms with van der Waals surface area (Å²) in [5.74, 6) is -0.940. The van der Waals surface area contributed by atoms with Crippen molar-refractivity contribution in [3.63, 3.8) is 0 Å². The number of carbonyl (C=O) groups is 3. The van der Waals surface area contributed by atoms with Crippen LogP contribution in [0, 0.1) is 0 Å². The lowest BCUT2D eigenvalue weighted by Gasteiger charge is -2.23. The van der Waals surface area contributed by atoms with E-state index in [4.69, 9.17) is 4.74 Å². The predicted octanol–water partition coefficient (Wildman–Crippen LogP) is 3.81. The number of rotatable bonds is 8. The van der Waals surface area contributed by atoms with Gasteiger partial charge >= 0.3 is 5.97 Å². The number of hydrogen-bond acceptors (Lipinski definition) is 4. The number of aryl methyl sites for hydroxylation is 1. The number of ether oxygens (including phenoxy) is 1. The summed E-state index contributed by atoms with van der Waals surface area (Å²) in [7, 11) is 0. The zero-order valence-electron chi connectivity index (χ0n) is 16.5. The van der Waals surface area contributed by atoms with Crippen LogP contribution in [0.15, 0.2) is 48.5 Å². The molecule has 1 N–H and O–H groups in total. The van der Waals surface area contributed by atoms with Crippen molar-refractivity contribution in [3.05, 3.63) is 59.7 Å². The van der Waals surface area contributed by atoms with Crippen LogP contribution >= 0.6 is 0 Å². The van der Waals surface area contributed by atoms with Gasteiger partial charge in [-0.1, -0.05) is 37.3 Å². The molecule has 0 unspecified atom stereocenters. The van der Waals surface area contributed by atoms with Gasteiger partial charge in [0, 0.05) is 25.6 Å². The van der Waals surface area contributed by atoms with Crippen LogP contribution in [0.1, 0.15) is 43.1 Å². The first kappa shape index (κ1) is 21.2. The van der Waals surface area contributed by atoms with Crippen LogP contribution in [0.25, 0.3) is 0 Å². The van der Waals surface area contributed by atoms with E-state index in [1.54, 1.807) is 31.2 Å². The van der Waals surface area contributed by atoms with Crippen molar-refractivity contribution < 1.29 is 19.1 Å². The van der Waals surface area contributed by atoms with Gasteiger partial charge in [0.2, 0.25) is 11.8 Å². The van der Waals surface area contributed by atoms with E-state index in [1.807, 2.05) is 31.2 Å². The molecule has 28 heavy (non-hydrogen) atoms. The van der Waals surface area contributed by atoms with Gasteiger partial charge in [-0.2, -0.15) is 0 Å². The van der Waals surface area contributed by atoms with E-state index in [9.17, 15) is 14.4 Å². The minimum Gasteiger partial charge on any atom is -0.462 e. The molecule has 2 rings (SSSR count). The summed E-state index contributed by atoms with van der Waals surface area (Å²) in [6.07, 6.45) is 0.914. The molecule has 148 valence electrons. The smallest absolute Gasteiger partial charge is 0.340 e. The molecule has 0 aliphatic rings. The summed E-state index contributed by atoms with van der Waals surface area (Å²) < 4.78 is 5.07. The second-order valence-corrected chi connectivity index (χ2v) is 6.22. The third kappa shape index (κ3) is 5.42. The van der Waals surface area contributed by atoms with Gasteiger partial charge < -0.3 is 15.0 Å². The van der Waals surface area contributed by atoms with Crippen molar-refractivity contribution in [2.45, 2.75) is 33.6 Å². The standard InChI is InChI=1S/C22H26N2O4/c1-4-17-10-6-8-12-19(17)23-21(26)14-15-24(16(3)25)20-13-9-7-11-18(20)22(27)28-5-2/h6-13H,4-5,14-15H2,1-3H3,(H,23,26).